The van der Waals surface area contributed by atoms with E-state index in [0.717, 1.165) is 25.9 Å². The molecule has 0 bridgehead atoms. The summed E-state index contributed by atoms with van der Waals surface area (Å²) in [6.45, 7) is 4.29. The van der Waals surface area contributed by atoms with E-state index in [0.29, 0.717) is 11.5 Å². The van der Waals surface area contributed by atoms with Gasteiger partial charge in [-0.05, 0) is 56.1 Å². The first-order chi connectivity index (χ1) is 10.0. The van der Waals surface area contributed by atoms with Crippen LogP contribution in [0.25, 0.3) is 0 Å². The SMILES string of the molecule is CC1CCN(CC(=O)NNC(=O)c2ccc(F)cc2)CC1. The van der Waals surface area contributed by atoms with Crippen molar-refractivity contribution in [2.45, 2.75) is 19.8 Å². The van der Waals surface area contributed by atoms with E-state index in [1.54, 1.807) is 0 Å². The minimum atomic E-state index is -0.462. The van der Waals surface area contributed by atoms with Crippen molar-refractivity contribution >= 4 is 11.8 Å². The van der Waals surface area contributed by atoms with Gasteiger partial charge in [0.2, 0.25) is 0 Å². The quantitative estimate of drug-likeness (QED) is 0.826. The Morgan fingerprint density at radius 1 is 1.19 bits per heavy atom. The van der Waals surface area contributed by atoms with E-state index in [-0.39, 0.29) is 12.5 Å². The number of hydrogen-bond acceptors (Lipinski definition) is 3. The molecule has 0 aliphatic carbocycles. The fourth-order valence-electron chi connectivity index (χ4n) is 2.26. The summed E-state index contributed by atoms with van der Waals surface area (Å²) in [4.78, 5) is 25.6. The summed E-state index contributed by atoms with van der Waals surface area (Å²) in [5, 5.41) is 0. The second-order valence-electron chi connectivity index (χ2n) is 5.47. The predicted molar refractivity (Wildman–Crippen MR) is 76.8 cm³/mol. The molecule has 0 spiro atoms. The van der Waals surface area contributed by atoms with Gasteiger partial charge in [-0.15, -0.1) is 0 Å². The van der Waals surface area contributed by atoms with E-state index in [1.165, 1.54) is 24.3 Å². The van der Waals surface area contributed by atoms with Crippen molar-refractivity contribution in [3.63, 3.8) is 0 Å². The molecule has 2 N–H and O–H groups in total. The molecule has 0 radical (unpaired) electrons. The van der Waals surface area contributed by atoms with Crippen molar-refractivity contribution < 1.29 is 14.0 Å². The van der Waals surface area contributed by atoms with Crippen LogP contribution in [0.4, 0.5) is 4.39 Å². The van der Waals surface area contributed by atoms with Crippen LogP contribution in [0.15, 0.2) is 24.3 Å². The average molecular weight is 293 g/mol. The van der Waals surface area contributed by atoms with Gasteiger partial charge in [0, 0.05) is 5.56 Å². The molecule has 1 aliphatic rings. The van der Waals surface area contributed by atoms with Gasteiger partial charge in [-0.25, -0.2) is 4.39 Å². The van der Waals surface area contributed by atoms with Crippen LogP contribution in [0, 0.1) is 11.7 Å². The van der Waals surface area contributed by atoms with Gasteiger partial charge in [0.1, 0.15) is 5.82 Å². The zero-order valence-electron chi connectivity index (χ0n) is 12.1. The molecule has 2 amide bonds. The van der Waals surface area contributed by atoms with Crippen LogP contribution in [0.3, 0.4) is 0 Å². The van der Waals surface area contributed by atoms with Gasteiger partial charge in [-0.1, -0.05) is 6.92 Å². The molecular formula is C15H20FN3O2. The molecule has 1 saturated heterocycles. The van der Waals surface area contributed by atoms with Crippen molar-refractivity contribution in [1.82, 2.24) is 15.8 Å². The molecule has 0 unspecified atom stereocenters. The number of halogens is 1. The highest BCUT2D eigenvalue weighted by Gasteiger charge is 2.18. The molecule has 114 valence electrons. The Labute approximate surface area is 123 Å². The zero-order valence-corrected chi connectivity index (χ0v) is 12.1. The molecule has 0 saturated carbocycles. The summed E-state index contributed by atoms with van der Waals surface area (Å²) in [6, 6.07) is 5.13. The lowest BCUT2D eigenvalue weighted by molar-refractivity contribution is -0.123. The van der Waals surface area contributed by atoms with Gasteiger partial charge in [-0.2, -0.15) is 0 Å². The lowest BCUT2D eigenvalue weighted by atomic mass is 9.99. The highest BCUT2D eigenvalue weighted by molar-refractivity contribution is 5.95. The molecule has 1 aromatic carbocycles. The maximum atomic E-state index is 12.7. The van der Waals surface area contributed by atoms with E-state index in [1.807, 2.05) is 0 Å². The monoisotopic (exact) mass is 293 g/mol. The summed E-state index contributed by atoms with van der Waals surface area (Å²) in [5.41, 5.74) is 5.00. The molecule has 6 heteroatoms. The van der Waals surface area contributed by atoms with Crippen molar-refractivity contribution in [3.05, 3.63) is 35.6 Å². The van der Waals surface area contributed by atoms with E-state index >= 15 is 0 Å². The number of carbonyl (C=O) groups excluding carboxylic acids is 2. The van der Waals surface area contributed by atoms with E-state index in [2.05, 4.69) is 22.7 Å². The second-order valence-corrected chi connectivity index (χ2v) is 5.47. The van der Waals surface area contributed by atoms with Crippen LogP contribution in [0.2, 0.25) is 0 Å². The Hall–Kier alpha value is -1.95. The highest BCUT2D eigenvalue weighted by atomic mass is 19.1. The Balaban J connectivity index is 1.73. The molecule has 1 aromatic rings. The van der Waals surface area contributed by atoms with Crippen LogP contribution in [0.1, 0.15) is 30.1 Å². The van der Waals surface area contributed by atoms with Gasteiger partial charge < -0.3 is 0 Å². The number of piperidine rings is 1. The molecule has 5 nitrogen and oxygen atoms in total. The minimum absolute atomic E-state index is 0.250. The average Bonchev–Trinajstić information content (AvgIpc) is 2.48. The summed E-state index contributed by atoms with van der Waals surface area (Å²) >= 11 is 0. The summed E-state index contributed by atoms with van der Waals surface area (Å²) in [6.07, 6.45) is 2.18. The molecule has 1 fully saturated rings. The third-order valence-corrected chi connectivity index (χ3v) is 3.67. The topological polar surface area (TPSA) is 61.4 Å². The fourth-order valence-corrected chi connectivity index (χ4v) is 2.26. The van der Waals surface area contributed by atoms with E-state index < -0.39 is 11.7 Å². The third kappa shape index (κ3) is 4.82. The van der Waals surface area contributed by atoms with Crippen LogP contribution in [-0.2, 0) is 4.79 Å². The first kappa shape index (κ1) is 15.4. The van der Waals surface area contributed by atoms with Crippen LogP contribution in [-0.4, -0.2) is 36.3 Å². The fraction of sp³-hybridized carbons (Fsp3) is 0.467. The number of likely N-dealkylation sites (tertiary alicyclic amines) is 1. The van der Waals surface area contributed by atoms with Crippen LogP contribution < -0.4 is 10.9 Å². The lowest BCUT2D eigenvalue weighted by Crippen LogP contribution is -2.47. The Morgan fingerprint density at radius 2 is 1.81 bits per heavy atom. The maximum absolute atomic E-state index is 12.7. The Morgan fingerprint density at radius 3 is 2.43 bits per heavy atom. The number of rotatable bonds is 3. The Kier molecular flexibility index (Phi) is 5.27. The van der Waals surface area contributed by atoms with Crippen LogP contribution >= 0.6 is 0 Å². The number of nitrogens with one attached hydrogen (secondary N) is 2. The normalized spacial score (nSPS) is 16.5. The highest BCUT2D eigenvalue weighted by Crippen LogP contribution is 2.15. The number of hydrazine groups is 1. The van der Waals surface area contributed by atoms with Crippen LogP contribution in [0.5, 0.6) is 0 Å². The molecule has 0 atom stereocenters. The summed E-state index contributed by atoms with van der Waals surface area (Å²) in [5.74, 6) is -0.409. The smallest absolute Gasteiger partial charge is 0.269 e. The summed E-state index contributed by atoms with van der Waals surface area (Å²) < 4.78 is 12.7. The van der Waals surface area contributed by atoms with Gasteiger partial charge in [0.15, 0.2) is 0 Å². The van der Waals surface area contributed by atoms with Gasteiger partial charge in [-0.3, -0.25) is 25.3 Å². The molecular weight excluding hydrogens is 273 g/mol. The molecule has 21 heavy (non-hydrogen) atoms. The van der Waals surface area contributed by atoms with Gasteiger partial charge >= 0.3 is 0 Å². The third-order valence-electron chi connectivity index (χ3n) is 3.67. The number of amides is 2. The zero-order chi connectivity index (χ0) is 15.2. The minimum Gasteiger partial charge on any atom is -0.294 e. The first-order valence-electron chi connectivity index (χ1n) is 7.11. The van der Waals surface area contributed by atoms with Crippen molar-refractivity contribution in [1.29, 1.82) is 0 Å². The van der Waals surface area contributed by atoms with Crippen molar-refractivity contribution in [3.8, 4) is 0 Å². The number of benzene rings is 1. The van der Waals surface area contributed by atoms with Gasteiger partial charge in [0.05, 0.1) is 6.54 Å². The summed E-state index contributed by atoms with van der Waals surface area (Å²) in [7, 11) is 0. The second kappa shape index (κ2) is 7.17. The van der Waals surface area contributed by atoms with Crippen molar-refractivity contribution in [2.75, 3.05) is 19.6 Å². The predicted octanol–water partition coefficient (Wildman–Crippen LogP) is 1.32. The number of hydrogen-bond donors (Lipinski definition) is 2. The molecule has 0 aromatic heterocycles. The maximum Gasteiger partial charge on any atom is 0.269 e. The lowest BCUT2D eigenvalue weighted by Gasteiger charge is -2.29. The molecule has 1 heterocycles. The van der Waals surface area contributed by atoms with Crippen molar-refractivity contribution in [2.24, 2.45) is 5.92 Å². The van der Waals surface area contributed by atoms with E-state index in [9.17, 15) is 14.0 Å². The Bertz CT molecular complexity index is 496. The largest absolute Gasteiger partial charge is 0.294 e. The standard InChI is InChI=1S/C15H20FN3O2/c1-11-6-8-19(9-7-11)10-14(20)17-18-15(21)12-2-4-13(16)5-3-12/h2-5,11H,6-10H2,1H3,(H,17,20)(H,18,21). The molecule has 1 aliphatic heterocycles. The van der Waals surface area contributed by atoms with E-state index in [4.69, 9.17) is 0 Å². The van der Waals surface area contributed by atoms with Gasteiger partial charge in [0.25, 0.3) is 11.8 Å². The molecule has 2 rings (SSSR count). The number of carbonyl (C=O) groups is 2. The number of nitrogens with zero attached hydrogens (tertiary/aromatic N) is 1. The first-order valence-corrected chi connectivity index (χ1v) is 7.11.